The molecule has 0 amide bonds. The second-order valence-electron chi connectivity index (χ2n) is 9.66. The van der Waals surface area contributed by atoms with Gasteiger partial charge in [0.05, 0.1) is 11.0 Å². The Bertz CT molecular complexity index is 1560. The number of alkyl halides is 3. The number of rotatable bonds is 8. The Balaban J connectivity index is 1.23. The van der Waals surface area contributed by atoms with Gasteiger partial charge in [0, 0.05) is 31.3 Å². The van der Waals surface area contributed by atoms with Crippen molar-refractivity contribution in [1.29, 1.82) is 0 Å². The van der Waals surface area contributed by atoms with Crippen LogP contribution in [0.4, 0.5) is 19.0 Å². The number of sulfone groups is 1. The minimum absolute atomic E-state index is 0.00751. The highest BCUT2D eigenvalue weighted by Gasteiger charge is 2.41. The number of hydrogen-bond acceptors (Lipinski definition) is 7. The summed E-state index contributed by atoms with van der Waals surface area (Å²) in [6.45, 7) is 0.998. The highest BCUT2D eigenvalue weighted by molar-refractivity contribution is 7.91. The van der Waals surface area contributed by atoms with Crippen molar-refractivity contribution in [1.82, 2.24) is 9.97 Å². The number of carbonyl (C=O) groups excluding carboxylic acids is 1. The van der Waals surface area contributed by atoms with Gasteiger partial charge >= 0.3 is 6.18 Å². The zero-order valence-corrected chi connectivity index (χ0v) is 22.2. The third-order valence-corrected chi connectivity index (χ3v) is 9.05. The van der Waals surface area contributed by atoms with Gasteiger partial charge in [-0.3, -0.25) is 4.79 Å². The van der Waals surface area contributed by atoms with E-state index in [9.17, 15) is 26.4 Å². The Kier molecular flexibility index (Phi) is 7.75. The number of hydrogen-bond donors (Lipinski definition) is 0. The van der Waals surface area contributed by atoms with Crippen LogP contribution in [-0.4, -0.2) is 42.5 Å². The van der Waals surface area contributed by atoms with E-state index >= 15 is 0 Å². The summed E-state index contributed by atoms with van der Waals surface area (Å²) in [7, 11) is -3.30. The molecule has 0 bridgehead atoms. The fourth-order valence-corrected chi connectivity index (χ4v) is 6.57. The van der Waals surface area contributed by atoms with Crippen LogP contribution in [0.25, 0.3) is 11.5 Å². The standard InChI is InChI=1S/C29H26F3N3O4S/c30-29(31,32)27-26(39-28(34-27)22-9-5-2-6-10-22)24(36)17-21-11-12-25(33-18-21)35-15-13-23(14-16-35)40(37,38)19-20-7-3-1-4-8-20/h1-12,18,23H,13-17,19H2. The van der Waals surface area contributed by atoms with Crippen molar-refractivity contribution in [2.75, 3.05) is 18.0 Å². The van der Waals surface area contributed by atoms with E-state index in [2.05, 4.69) is 9.97 Å². The first kappa shape index (κ1) is 27.6. The van der Waals surface area contributed by atoms with Crippen molar-refractivity contribution in [2.24, 2.45) is 0 Å². The maximum Gasteiger partial charge on any atom is 0.437 e. The van der Waals surface area contributed by atoms with Crippen LogP contribution in [0.5, 0.6) is 0 Å². The molecule has 0 N–H and O–H groups in total. The van der Waals surface area contributed by atoms with Crippen LogP contribution in [0.3, 0.4) is 0 Å². The molecule has 0 atom stereocenters. The van der Waals surface area contributed by atoms with Crippen LogP contribution < -0.4 is 4.90 Å². The summed E-state index contributed by atoms with van der Waals surface area (Å²) in [4.78, 5) is 22.8. The fraction of sp³-hybridized carbons (Fsp3) is 0.276. The first-order valence-electron chi connectivity index (χ1n) is 12.7. The molecule has 0 spiro atoms. The van der Waals surface area contributed by atoms with E-state index in [1.165, 1.54) is 6.20 Å². The monoisotopic (exact) mass is 569 g/mol. The molecule has 2 aromatic heterocycles. The number of pyridine rings is 1. The lowest BCUT2D eigenvalue weighted by Crippen LogP contribution is -2.40. The van der Waals surface area contributed by atoms with E-state index in [-0.39, 0.29) is 18.1 Å². The van der Waals surface area contributed by atoms with Gasteiger partial charge in [-0.2, -0.15) is 13.2 Å². The number of benzene rings is 2. The SMILES string of the molecule is O=C(Cc1ccc(N2CCC(S(=O)(=O)Cc3ccccc3)CC2)nc1)c1oc(-c2ccccc2)nc1C(F)(F)F. The molecule has 4 aromatic rings. The molecule has 1 aliphatic heterocycles. The van der Waals surface area contributed by atoms with E-state index in [0.29, 0.717) is 42.9 Å². The molecule has 2 aromatic carbocycles. The van der Waals surface area contributed by atoms with E-state index in [4.69, 9.17) is 4.42 Å². The molecule has 11 heteroatoms. The highest BCUT2D eigenvalue weighted by Crippen LogP contribution is 2.35. The van der Waals surface area contributed by atoms with Gasteiger partial charge in [-0.05, 0) is 42.2 Å². The first-order valence-corrected chi connectivity index (χ1v) is 14.4. The van der Waals surface area contributed by atoms with E-state index in [0.717, 1.165) is 5.56 Å². The molecule has 7 nitrogen and oxygen atoms in total. The van der Waals surface area contributed by atoms with Gasteiger partial charge < -0.3 is 9.32 Å². The molecule has 1 fully saturated rings. The quantitative estimate of drug-likeness (QED) is 0.249. The second-order valence-corrected chi connectivity index (χ2v) is 11.9. The smallest absolute Gasteiger partial charge is 0.432 e. The third-order valence-electron chi connectivity index (χ3n) is 6.83. The van der Waals surface area contributed by atoms with Crippen LogP contribution in [0.15, 0.2) is 83.4 Å². The molecule has 3 heterocycles. The maximum absolute atomic E-state index is 13.6. The Labute approximate surface area is 229 Å². The van der Waals surface area contributed by atoms with Crippen molar-refractivity contribution in [2.45, 2.75) is 36.4 Å². The van der Waals surface area contributed by atoms with Gasteiger partial charge in [-0.25, -0.2) is 18.4 Å². The number of piperidine rings is 1. The van der Waals surface area contributed by atoms with Gasteiger partial charge in [-0.1, -0.05) is 54.6 Å². The Morgan fingerprint density at radius 3 is 2.17 bits per heavy atom. The van der Waals surface area contributed by atoms with Crippen LogP contribution in [0.1, 0.15) is 40.2 Å². The van der Waals surface area contributed by atoms with Gasteiger partial charge in [0.1, 0.15) is 5.82 Å². The summed E-state index contributed by atoms with van der Waals surface area (Å²) in [6, 6.07) is 20.5. The van der Waals surface area contributed by atoms with Crippen molar-refractivity contribution in [3.8, 4) is 11.5 Å². The summed E-state index contributed by atoms with van der Waals surface area (Å²) < 4.78 is 71.9. The summed E-state index contributed by atoms with van der Waals surface area (Å²) >= 11 is 0. The lowest BCUT2D eigenvalue weighted by molar-refractivity contribution is -0.141. The number of Topliss-reactive ketones (excluding diaryl/α,β-unsaturated/α-hetero) is 1. The maximum atomic E-state index is 13.6. The average Bonchev–Trinajstić information content (AvgIpc) is 3.41. The molecule has 0 unspecified atom stereocenters. The van der Waals surface area contributed by atoms with Gasteiger partial charge in [0.15, 0.2) is 15.5 Å². The van der Waals surface area contributed by atoms with Gasteiger partial charge in [-0.15, -0.1) is 0 Å². The number of aromatic nitrogens is 2. The zero-order chi connectivity index (χ0) is 28.3. The third kappa shape index (κ3) is 6.25. The number of oxazole rings is 1. The minimum Gasteiger partial charge on any atom is -0.432 e. The van der Waals surface area contributed by atoms with E-state index in [1.807, 2.05) is 23.1 Å². The largest absolute Gasteiger partial charge is 0.437 e. The minimum atomic E-state index is -4.86. The van der Waals surface area contributed by atoms with E-state index in [1.54, 1.807) is 54.6 Å². The summed E-state index contributed by atoms with van der Waals surface area (Å²) in [5.74, 6) is -1.36. The molecule has 0 radical (unpaired) electrons. The number of ketones is 1. The topological polar surface area (TPSA) is 93.4 Å². The van der Waals surface area contributed by atoms with Crippen molar-refractivity contribution >= 4 is 21.4 Å². The van der Waals surface area contributed by atoms with Crippen LogP contribution in [0, 0.1) is 0 Å². The molecule has 40 heavy (non-hydrogen) atoms. The average molecular weight is 570 g/mol. The predicted octanol–water partition coefficient (Wildman–Crippen LogP) is 5.76. The van der Waals surface area contributed by atoms with Gasteiger partial charge in [0.2, 0.25) is 17.4 Å². The van der Waals surface area contributed by atoms with Crippen molar-refractivity contribution < 1.29 is 30.8 Å². The number of carbonyl (C=O) groups is 1. The number of halogens is 3. The molecule has 208 valence electrons. The highest BCUT2D eigenvalue weighted by atomic mass is 32.2. The Morgan fingerprint density at radius 2 is 1.57 bits per heavy atom. The molecule has 1 aliphatic rings. The number of nitrogens with zero attached hydrogens (tertiary/aromatic N) is 3. The Morgan fingerprint density at radius 1 is 0.925 bits per heavy atom. The molecule has 0 saturated carbocycles. The lowest BCUT2D eigenvalue weighted by atomic mass is 10.1. The van der Waals surface area contributed by atoms with Crippen LogP contribution in [-0.2, 0) is 28.2 Å². The second kappa shape index (κ2) is 11.2. The molecule has 0 aliphatic carbocycles. The van der Waals surface area contributed by atoms with Crippen molar-refractivity contribution in [3.63, 3.8) is 0 Å². The number of anilines is 1. The lowest BCUT2D eigenvalue weighted by Gasteiger charge is -2.32. The molecular formula is C29H26F3N3O4S. The van der Waals surface area contributed by atoms with Gasteiger partial charge in [0.25, 0.3) is 0 Å². The molecule has 5 rings (SSSR count). The summed E-state index contributed by atoms with van der Waals surface area (Å²) in [6.07, 6.45) is -2.84. The summed E-state index contributed by atoms with van der Waals surface area (Å²) in [5, 5.41) is -0.439. The van der Waals surface area contributed by atoms with Crippen LogP contribution >= 0.6 is 0 Å². The zero-order valence-electron chi connectivity index (χ0n) is 21.3. The van der Waals surface area contributed by atoms with Crippen LogP contribution in [0.2, 0.25) is 0 Å². The van der Waals surface area contributed by atoms with E-state index < -0.39 is 38.5 Å². The van der Waals surface area contributed by atoms with Crippen molar-refractivity contribution in [3.05, 3.63) is 102 Å². The fourth-order valence-electron chi connectivity index (χ4n) is 4.75. The molecular weight excluding hydrogens is 543 g/mol. The summed E-state index contributed by atoms with van der Waals surface area (Å²) in [5.41, 5.74) is 0.154. The first-order chi connectivity index (χ1) is 19.1. The normalized spacial score (nSPS) is 14.8. The molecule has 1 saturated heterocycles. The predicted molar refractivity (Wildman–Crippen MR) is 144 cm³/mol. The Hall–Kier alpha value is -3.99.